The Balaban J connectivity index is 0.00000225. The highest BCUT2D eigenvalue weighted by molar-refractivity contribution is 14.0. The van der Waals surface area contributed by atoms with Crippen molar-refractivity contribution in [2.24, 2.45) is 10.4 Å². The fraction of sp³-hybridized carbons (Fsp3) is 0.650. The highest BCUT2D eigenvalue weighted by Gasteiger charge is 2.54. The molecule has 0 aromatic heterocycles. The zero-order valence-corrected chi connectivity index (χ0v) is 18.7. The summed E-state index contributed by atoms with van der Waals surface area (Å²) in [7, 11) is 3.64. The number of guanidine groups is 1. The molecule has 0 radical (unpaired) electrons. The fourth-order valence-corrected chi connectivity index (χ4v) is 3.72. The predicted molar refractivity (Wildman–Crippen MR) is 115 cm³/mol. The molecular formula is C20H32IN3O. The van der Waals surface area contributed by atoms with E-state index in [1.165, 1.54) is 18.4 Å². The summed E-state index contributed by atoms with van der Waals surface area (Å²) >= 11 is 0. The third-order valence-corrected chi connectivity index (χ3v) is 6.47. The van der Waals surface area contributed by atoms with E-state index in [2.05, 4.69) is 61.1 Å². The molecule has 5 heteroatoms. The van der Waals surface area contributed by atoms with Gasteiger partial charge in [0, 0.05) is 42.1 Å². The number of aliphatic imine (C=N–C) groups is 1. The molecule has 0 bridgehead atoms. The smallest absolute Gasteiger partial charge is 0.194 e. The van der Waals surface area contributed by atoms with Crippen LogP contribution in [-0.4, -0.2) is 43.6 Å². The Hall–Kier alpha value is -0.980. The number of ether oxygens (including phenoxy) is 1. The van der Waals surface area contributed by atoms with E-state index in [1.54, 1.807) is 7.11 Å². The van der Waals surface area contributed by atoms with Crippen molar-refractivity contribution in [3.8, 4) is 5.75 Å². The Morgan fingerprint density at radius 3 is 2.32 bits per heavy atom. The van der Waals surface area contributed by atoms with Crippen LogP contribution in [0.3, 0.4) is 0 Å². The van der Waals surface area contributed by atoms with Crippen molar-refractivity contribution in [2.75, 3.05) is 27.2 Å². The van der Waals surface area contributed by atoms with Gasteiger partial charge in [-0.15, -0.1) is 24.0 Å². The van der Waals surface area contributed by atoms with E-state index in [0.29, 0.717) is 5.41 Å². The number of nitrogens with one attached hydrogen (secondary N) is 1. The molecule has 0 atom stereocenters. The standard InChI is InChI=1S/C20H31N3O.HI/c1-18(2)14-23(19(18,3)4)17(21-5)22-13-20(11-12-20)15-9-7-8-10-16(15)24-6;/h7-10H,11-14H2,1-6H3,(H,21,22);1H. The molecule has 1 aromatic rings. The predicted octanol–water partition coefficient (Wildman–Crippen LogP) is 4.04. The minimum absolute atomic E-state index is 0. The number of para-hydroxylation sites is 1. The van der Waals surface area contributed by atoms with E-state index in [4.69, 9.17) is 4.74 Å². The number of hydrogen-bond acceptors (Lipinski definition) is 2. The van der Waals surface area contributed by atoms with Crippen LogP contribution in [0.5, 0.6) is 5.75 Å². The average molecular weight is 457 g/mol. The highest BCUT2D eigenvalue weighted by atomic mass is 127. The van der Waals surface area contributed by atoms with Gasteiger partial charge in [0.05, 0.1) is 7.11 Å². The summed E-state index contributed by atoms with van der Waals surface area (Å²) in [4.78, 5) is 6.93. The van der Waals surface area contributed by atoms with Gasteiger partial charge in [0.1, 0.15) is 5.75 Å². The molecule has 2 aliphatic rings. The number of nitrogens with zero attached hydrogens (tertiary/aromatic N) is 2. The topological polar surface area (TPSA) is 36.9 Å². The third-order valence-electron chi connectivity index (χ3n) is 6.47. The van der Waals surface area contributed by atoms with Crippen molar-refractivity contribution in [2.45, 2.75) is 51.5 Å². The second-order valence-corrected chi connectivity index (χ2v) is 8.41. The molecule has 1 N–H and O–H groups in total. The Labute approximate surface area is 169 Å². The summed E-state index contributed by atoms with van der Waals surface area (Å²) in [6, 6.07) is 8.40. The minimum atomic E-state index is 0. The minimum Gasteiger partial charge on any atom is -0.496 e. The molecule has 4 nitrogen and oxygen atoms in total. The van der Waals surface area contributed by atoms with Gasteiger partial charge in [0.15, 0.2) is 5.96 Å². The Bertz CT molecular complexity index is 650. The van der Waals surface area contributed by atoms with Gasteiger partial charge in [-0.05, 0) is 32.8 Å². The van der Waals surface area contributed by atoms with Gasteiger partial charge >= 0.3 is 0 Å². The van der Waals surface area contributed by atoms with E-state index in [9.17, 15) is 0 Å². The largest absolute Gasteiger partial charge is 0.496 e. The van der Waals surface area contributed by atoms with Crippen molar-refractivity contribution < 1.29 is 4.74 Å². The zero-order valence-electron chi connectivity index (χ0n) is 16.3. The molecule has 1 aromatic carbocycles. The summed E-state index contributed by atoms with van der Waals surface area (Å²) in [5.74, 6) is 2.01. The van der Waals surface area contributed by atoms with Gasteiger partial charge in [-0.2, -0.15) is 0 Å². The Kier molecular flexibility index (Phi) is 5.67. The number of rotatable bonds is 4. The van der Waals surface area contributed by atoms with Crippen LogP contribution in [0.2, 0.25) is 0 Å². The van der Waals surface area contributed by atoms with Crippen LogP contribution in [0.4, 0.5) is 0 Å². The number of hydrogen-bond donors (Lipinski definition) is 1. The second-order valence-electron chi connectivity index (χ2n) is 8.41. The zero-order chi connectivity index (χ0) is 17.6. The molecule has 2 fully saturated rings. The van der Waals surface area contributed by atoms with Crippen LogP contribution in [-0.2, 0) is 5.41 Å². The third kappa shape index (κ3) is 3.36. The van der Waals surface area contributed by atoms with Crippen LogP contribution in [0.1, 0.15) is 46.1 Å². The molecule has 3 rings (SSSR count). The number of halogens is 1. The summed E-state index contributed by atoms with van der Waals surface area (Å²) < 4.78 is 5.58. The molecule has 1 heterocycles. The van der Waals surface area contributed by atoms with Crippen molar-refractivity contribution in [1.82, 2.24) is 10.2 Å². The van der Waals surface area contributed by atoms with Crippen LogP contribution >= 0.6 is 24.0 Å². The lowest BCUT2D eigenvalue weighted by molar-refractivity contribution is -0.0667. The quantitative estimate of drug-likeness (QED) is 0.421. The molecule has 1 aliphatic heterocycles. The fourth-order valence-electron chi connectivity index (χ4n) is 3.72. The molecule has 0 spiro atoms. The lowest BCUT2D eigenvalue weighted by Gasteiger charge is -2.62. The average Bonchev–Trinajstić information content (AvgIpc) is 3.35. The molecule has 1 saturated carbocycles. The van der Waals surface area contributed by atoms with Crippen LogP contribution < -0.4 is 10.1 Å². The molecule has 0 amide bonds. The molecule has 25 heavy (non-hydrogen) atoms. The van der Waals surface area contributed by atoms with Crippen LogP contribution in [0, 0.1) is 5.41 Å². The molecule has 1 aliphatic carbocycles. The maximum absolute atomic E-state index is 5.58. The van der Waals surface area contributed by atoms with Crippen LogP contribution in [0.15, 0.2) is 29.3 Å². The lowest BCUT2D eigenvalue weighted by Crippen LogP contribution is -2.72. The lowest BCUT2D eigenvalue weighted by atomic mass is 9.65. The normalized spacial score (nSPS) is 22.5. The molecule has 1 saturated heterocycles. The second kappa shape index (κ2) is 6.97. The maximum Gasteiger partial charge on any atom is 0.194 e. The number of methoxy groups -OCH3 is 1. The molecule has 140 valence electrons. The SMILES string of the molecule is CN=C(NCC1(c2ccccc2OC)CC1)N1CC(C)(C)C1(C)C.I. The van der Waals surface area contributed by atoms with Crippen LogP contribution in [0.25, 0.3) is 0 Å². The van der Waals surface area contributed by atoms with Gasteiger partial charge < -0.3 is 15.0 Å². The van der Waals surface area contributed by atoms with Gasteiger partial charge in [0.25, 0.3) is 0 Å². The van der Waals surface area contributed by atoms with Gasteiger partial charge in [-0.25, -0.2) is 0 Å². The van der Waals surface area contributed by atoms with Crippen molar-refractivity contribution >= 4 is 29.9 Å². The first-order chi connectivity index (χ1) is 11.3. The first-order valence-electron chi connectivity index (χ1n) is 8.89. The highest BCUT2D eigenvalue weighted by Crippen LogP contribution is 2.51. The first kappa shape index (κ1) is 20.3. The summed E-state index contributed by atoms with van der Waals surface area (Å²) in [5, 5.41) is 3.64. The number of likely N-dealkylation sites (tertiary alicyclic amines) is 1. The van der Waals surface area contributed by atoms with E-state index in [-0.39, 0.29) is 34.9 Å². The van der Waals surface area contributed by atoms with E-state index >= 15 is 0 Å². The van der Waals surface area contributed by atoms with Crippen molar-refractivity contribution in [3.05, 3.63) is 29.8 Å². The van der Waals surface area contributed by atoms with Crippen molar-refractivity contribution in [1.29, 1.82) is 0 Å². The summed E-state index contributed by atoms with van der Waals surface area (Å²) in [6.07, 6.45) is 2.40. The van der Waals surface area contributed by atoms with E-state index in [0.717, 1.165) is 24.8 Å². The van der Waals surface area contributed by atoms with Gasteiger partial charge in [-0.3, -0.25) is 4.99 Å². The van der Waals surface area contributed by atoms with Gasteiger partial charge in [-0.1, -0.05) is 32.0 Å². The Morgan fingerprint density at radius 2 is 1.84 bits per heavy atom. The molecule has 0 unspecified atom stereocenters. The monoisotopic (exact) mass is 457 g/mol. The molecular weight excluding hydrogens is 425 g/mol. The maximum atomic E-state index is 5.58. The number of benzene rings is 1. The summed E-state index contributed by atoms with van der Waals surface area (Å²) in [5.41, 5.74) is 1.94. The van der Waals surface area contributed by atoms with Crippen molar-refractivity contribution in [3.63, 3.8) is 0 Å². The Morgan fingerprint density at radius 1 is 1.20 bits per heavy atom. The summed E-state index contributed by atoms with van der Waals surface area (Å²) in [6.45, 7) is 11.2. The van der Waals surface area contributed by atoms with Gasteiger partial charge in [0.2, 0.25) is 0 Å². The first-order valence-corrected chi connectivity index (χ1v) is 8.89. The van der Waals surface area contributed by atoms with E-state index < -0.39 is 0 Å². The van der Waals surface area contributed by atoms with E-state index in [1.807, 2.05) is 13.1 Å².